The fourth-order valence-corrected chi connectivity index (χ4v) is 2.32. The van der Waals surface area contributed by atoms with Gasteiger partial charge in [-0.05, 0) is 30.7 Å². The summed E-state index contributed by atoms with van der Waals surface area (Å²) >= 11 is 0. The molecule has 30 heavy (non-hydrogen) atoms. The number of rotatable bonds is 8. The Labute approximate surface area is 170 Å². The van der Waals surface area contributed by atoms with E-state index in [-0.39, 0.29) is 35.3 Å². The van der Waals surface area contributed by atoms with E-state index in [2.05, 4.69) is 25.3 Å². The molecule has 0 aliphatic rings. The molecular weight excluding hydrogens is 405 g/mol. The molecule has 0 aliphatic carbocycles. The first-order valence-corrected chi connectivity index (χ1v) is 8.93. The Kier molecular flexibility index (Phi) is 7.56. The molecule has 0 aromatic carbocycles. The van der Waals surface area contributed by atoms with Crippen LogP contribution in [0.5, 0.6) is 11.6 Å². The number of anilines is 1. The molecule has 1 unspecified atom stereocenters. The van der Waals surface area contributed by atoms with Crippen LogP contribution in [0.15, 0.2) is 30.6 Å². The smallest absolute Gasteiger partial charge is 0.422 e. The fraction of sp³-hybridized carbons (Fsp3) is 0.368. The number of hydrogen-bond acceptors (Lipinski definition) is 6. The van der Waals surface area contributed by atoms with Gasteiger partial charge >= 0.3 is 6.18 Å². The van der Waals surface area contributed by atoms with E-state index in [0.717, 1.165) is 0 Å². The van der Waals surface area contributed by atoms with Crippen LogP contribution in [0.4, 0.5) is 19.0 Å². The second kappa shape index (κ2) is 9.90. The van der Waals surface area contributed by atoms with E-state index in [9.17, 15) is 22.8 Å². The number of ether oxygens (including phenoxy) is 2. The van der Waals surface area contributed by atoms with Gasteiger partial charge < -0.3 is 20.1 Å². The molecule has 0 aliphatic heterocycles. The first-order valence-electron chi connectivity index (χ1n) is 8.93. The van der Waals surface area contributed by atoms with Crippen molar-refractivity contribution in [3.63, 3.8) is 0 Å². The van der Waals surface area contributed by atoms with Gasteiger partial charge in [-0.3, -0.25) is 9.59 Å². The largest absolute Gasteiger partial charge is 0.491 e. The predicted octanol–water partition coefficient (Wildman–Crippen LogP) is 3.27. The first kappa shape index (κ1) is 22.9. The van der Waals surface area contributed by atoms with E-state index >= 15 is 0 Å². The normalized spacial score (nSPS) is 12.1. The van der Waals surface area contributed by atoms with Crippen LogP contribution >= 0.6 is 0 Å². The number of carbonyl (C=O) groups is 2. The second-order valence-corrected chi connectivity index (χ2v) is 6.21. The number of amides is 2. The average molecular weight is 426 g/mol. The number of halogens is 3. The molecule has 0 saturated carbocycles. The van der Waals surface area contributed by atoms with Crippen LogP contribution in [0.1, 0.15) is 42.2 Å². The van der Waals surface area contributed by atoms with Crippen LogP contribution in [0, 0.1) is 0 Å². The average Bonchev–Trinajstić information content (AvgIpc) is 2.71. The third-order valence-electron chi connectivity index (χ3n) is 3.89. The molecule has 2 N–H and O–H groups in total. The quantitative estimate of drug-likeness (QED) is 0.672. The van der Waals surface area contributed by atoms with Gasteiger partial charge in [0, 0.05) is 24.4 Å². The van der Waals surface area contributed by atoms with E-state index in [1.165, 1.54) is 37.7 Å². The highest BCUT2D eigenvalue weighted by molar-refractivity contribution is 5.96. The highest BCUT2D eigenvalue weighted by atomic mass is 19.4. The highest BCUT2D eigenvalue weighted by Crippen LogP contribution is 2.29. The Balaban J connectivity index is 2.10. The standard InChI is InChI=1S/C19H21F3N4O4/c1-4-16(27)26-15-8-12(5-6-23-15)17(28)25-11(2)13-7-14(29-3)18(24-9-13)30-10-19(20,21)22/h5-9,11H,4,10H2,1-3H3,(H,25,28)(H,23,26,27). The molecule has 2 heterocycles. The summed E-state index contributed by atoms with van der Waals surface area (Å²) in [5.74, 6) is -0.724. The van der Waals surface area contributed by atoms with Crippen LogP contribution in [-0.4, -0.2) is 41.7 Å². The Morgan fingerprint density at radius 1 is 1.23 bits per heavy atom. The van der Waals surface area contributed by atoms with Gasteiger partial charge in [-0.25, -0.2) is 9.97 Å². The van der Waals surface area contributed by atoms with E-state index < -0.39 is 24.7 Å². The molecule has 2 aromatic heterocycles. The van der Waals surface area contributed by atoms with Crippen molar-refractivity contribution in [1.29, 1.82) is 0 Å². The zero-order valence-corrected chi connectivity index (χ0v) is 16.5. The van der Waals surface area contributed by atoms with E-state index in [1.54, 1.807) is 13.8 Å². The van der Waals surface area contributed by atoms with E-state index in [4.69, 9.17) is 4.74 Å². The molecule has 2 rings (SSSR count). The lowest BCUT2D eigenvalue weighted by Gasteiger charge is -2.17. The zero-order valence-electron chi connectivity index (χ0n) is 16.5. The van der Waals surface area contributed by atoms with Crippen molar-refractivity contribution in [2.24, 2.45) is 0 Å². The maximum atomic E-state index is 12.5. The van der Waals surface area contributed by atoms with Crippen LogP contribution in [0.2, 0.25) is 0 Å². The molecule has 8 nitrogen and oxygen atoms in total. The van der Waals surface area contributed by atoms with Crippen LogP contribution < -0.4 is 20.1 Å². The van der Waals surface area contributed by atoms with Crippen LogP contribution in [0.3, 0.4) is 0 Å². The minimum Gasteiger partial charge on any atom is -0.491 e. The maximum absolute atomic E-state index is 12.5. The number of nitrogens with zero attached hydrogens (tertiary/aromatic N) is 2. The number of hydrogen-bond donors (Lipinski definition) is 2. The monoisotopic (exact) mass is 426 g/mol. The number of methoxy groups -OCH3 is 1. The summed E-state index contributed by atoms with van der Waals surface area (Å²) in [6.45, 7) is 1.86. The Bertz CT molecular complexity index is 906. The van der Waals surface area contributed by atoms with Gasteiger partial charge in [0.1, 0.15) is 5.82 Å². The summed E-state index contributed by atoms with van der Waals surface area (Å²) in [7, 11) is 1.27. The van der Waals surface area contributed by atoms with Crippen molar-refractivity contribution < 1.29 is 32.2 Å². The van der Waals surface area contributed by atoms with Gasteiger partial charge in [0.2, 0.25) is 5.91 Å². The number of nitrogens with one attached hydrogen (secondary N) is 2. The van der Waals surface area contributed by atoms with Crippen LogP contribution in [0.25, 0.3) is 0 Å². The number of pyridine rings is 2. The number of carbonyl (C=O) groups excluding carboxylic acids is 2. The molecular formula is C19H21F3N4O4. The summed E-state index contributed by atoms with van der Waals surface area (Å²) in [6, 6.07) is 3.81. The Morgan fingerprint density at radius 2 is 1.97 bits per heavy atom. The highest BCUT2D eigenvalue weighted by Gasteiger charge is 2.29. The lowest BCUT2D eigenvalue weighted by atomic mass is 10.1. The number of alkyl halides is 3. The molecule has 0 bridgehead atoms. The number of aromatic nitrogens is 2. The zero-order chi connectivity index (χ0) is 22.3. The maximum Gasteiger partial charge on any atom is 0.422 e. The predicted molar refractivity (Wildman–Crippen MR) is 101 cm³/mol. The molecule has 1 atom stereocenters. The third-order valence-corrected chi connectivity index (χ3v) is 3.89. The lowest BCUT2D eigenvalue weighted by molar-refractivity contribution is -0.154. The van der Waals surface area contributed by atoms with Gasteiger partial charge in [0.25, 0.3) is 11.8 Å². The molecule has 2 amide bonds. The van der Waals surface area contributed by atoms with Gasteiger partial charge in [-0.1, -0.05) is 6.92 Å². The van der Waals surface area contributed by atoms with E-state index in [0.29, 0.717) is 5.56 Å². The fourth-order valence-electron chi connectivity index (χ4n) is 2.32. The van der Waals surface area contributed by atoms with Crippen LogP contribution in [-0.2, 0) is 4.79 Å². The molecule has 162 valence electrons. The van der Waals surface area contributed by atoms with Crippen molar-refractivity contribution in [2.45, 2.75) is 32.5 Å². The van der Waals surface area contributed by atoms with Gasteiger partial charge in [0.05, 0.1) is 13.2 Å². The summed E-state index contributed by atoms with van der Waals surface area (Å²) in [4.78, 5) is 31.8. The van der Waals surface area contributed by atoms with Gasteiger partial charge in [-0.2, -0.15) is 13.2 Å². The molecule has 11 heteroatoms. The molecule has 0 spiro atoms. The van der Waals surface area contributed by atoms with E-state index in [1.807, 2.05) is 0 Å². The van der Waals surface area contributed by atoms with Crippen molar-refractivity contribution in [2.75, 3.05) is 19.0 Å². The SMILES string of the molecule is CCC(=O)Nc1cc(C(=O)NC(C)c2cnc(OCC(F)(F)F)c(OC)c2)ccn1. The molecule has 0 fully saturated rings. The second-order valence-electron chi connectivity index (χ2n) is 6.21. The van der Waals surface area contributed by atoms with Gasteiger partial charge in [-0.15, -0.1) is 0 Å². The lowest BCUT2D eigenvalue weighted by Crippen LogP contribution is -2.27. The Morgan fingerprint density at radius 3 is 2.60 bits per heavy atom. The van der Waals surface area contributed by atoms with Crippen molar-refractivity contribution in [1.82, 2.24) is 15.3 Å². The van der Waals surface area contributed by atoms with Crippen molar-refractivity contribution >= 4 is 17.6 Å². The van der Waals surface area contributed by atoms with Crippen molar-refractivity contribution in [3.8, 4) is 11.6 Å². The van der Waals surface area contributed by atoms with Gasteiger partial charge in [0.15, 0.2) is 12.4 Å². The Hall–Kier alpha value is -3.37. The summed E-state index contributed by atoms with van der Waals surface area (Å²) in [6.07, 6.45) is -1.56. The first-order chi connectivity index (χ1) is 14.1. The molecule has 2 aromatic rings. The molecule has 0 saturated heterocycles. The van der Waals surface area contributed by atoms with Crippen molar-refractivity contribution in [3.05, 3.63) is 41.7 Å². The third kappa shape index (κ3) is 6.61. The topological polar surface area (TPSA) is 102 Å². The minimum absolute atomic E-state index is 0.00586. The summed E-state index contributed by atoms with van der Waals surface area (Å²) in [5, 5.41) is 5.30. The minimum atomic E-state index is -4.51. The summed E-state index contributed by atoms with van der Waals surface area (Å²) < 4.78 is 46.7. The molecule has 0 radical (unpaired) electrons. The summed E-state index contributed by atoms with van der Waals surface area (Å²) in [5.41, 5.74) is 0.765.